The second kappa shape index (κ2) is 6.69. The van der Waals surface area contributed by atoms with Crippen LogP contribution in [0, 0.1) is 0 Å². The Kier molecular flexibility index (Phi) is 3.60. The second-order valence-electron chi connectivity index (χ2n) is 9.01. The van der Waals surface area contributed by atoms with E-state index in [4.69, 9.17) is 0 Å². The van der Waals surface area contributed by atoms with E-state index >= 15 is 0 Å². The maximum absolute atomic E-state index is 2.44. The lowest BCUT2D eigenvalue weighted by atomic mass is 10.0. The van der Waals surface area contributed by atoms with Crippen molar-refractivity contribution in [1.82, 2.24) is 4.57 Å². The van der Waals surface area contributed by atoms with Gasteiger partial charge in [-0.3, -0.25) is 0 Å². The molecule has 0 aliphatic carbocycles. The summed E-state index contributed by atoms with van der Waals surface area (Å²) in [6, 6.07) is 42.3. The minimum Gasteiger partial charge on any atom is -0.309 e. The lowest BCUT2D eigenvalue weighted by Crippen LogP contribution is -1.93. The number of para-hydroxylation sites is 1. The highest BCUT2D eigenvalue weighted by Crippen LogP contribution is 2.43. The summed E-state index contributed by atoms with van der Waals surface area (Å²) in [5, 5.41) is 10.5. The summed E-state index contributed by atoms with van der Waals surface area (Å²) in [4.78, 5) is 0. The number of thiophene rings is 1. The molecular weight excluding hydrogens is 430 g/mol. The van der Waals surface area contributed by atoms with Crippen molar-refractivity contribution in [2.24, 2.45) is 0 Å². The van der Waals surface area contributed by atoms with Crippen LogP contribution >= 0.6 is 11.3 Å². The van der Waals surface area contributed by atoms with Crippen LogP contribution in [0.4, 0.5) is 0 Å². The smallest absolute Gasteiger partial charge is 0.0548 e. The van der Waals surface area contributed by atoms with E-state index in [1.54, 1.807) is 0 Å². The SMILES string of the molecule is c1ccc2cc3cc(-n4c5ccccc5c5c6c(ccc54)sc4ccccc46)ccc3cc2c1. The topological polar surface area (TPSA) is 4.93 Å². The van der Waals surface area contributed by atoms with Crippen molar-refractivity contribution in [3.63, 3.8) is 0 Å². The zero-order chi connectivity index (χ0) is 22.2. The number of benzene rings is 6. The first-order chi connectivity index (χ1) is 16.8. The van der Waals surface area contributed by atoms with Gasteiger partial charge in [-0.25, -0.2) is 0 Å². The first-order valence-electron chi connectivity index (χ1n) is 11.6. The van der Waals surface area contributed by atoms with Gasteiger partial charge in [0.15, 0.2) is 0 Å². The normalized spacial score (nSPS) is 12.1. The van der Waals surface area contributed by atoms with Crippen LogP contribution in [0.25, 0.3) is 69.2 Å². The van der Waals surface area contributed by atoms with Gasteiger partial charge in [-0.1, -0.05) is 66.7 Å². The fourth-order valence-electron chi connectivity index (χ4n) is 5.62. The molecule has 0 aliphatic heterocycles. The van der Waals surface area contributed by atoms with Gasteiger partial charge >= 0.3 is 0 Å². The Bertz CT molecular complexity index is 2070. The predicted octanol–water partition coefficient (Wildman–Crippen LogP) is 9.46. The summed E-state index contributed by atoms with van der Waals surface area (Å²) in [6.45, 7) is 0. The molecule has 0 saturated carbocycles. The second-order valence-corrected chi connectivity index (χ2v) is 10.1. The quantitative estimate of drug-likeness (QED) is 0.220. The van der Waals surface area contributed by atoms with Crippen LogP contribution in [-0.4, -0.2) is 4.57 Å². The highest BCUT2D eigenvalue weighted by molar-refractivity contribution is 7.26. The van der Waals surface area contributed by atoms with Gasteiger partial charge in [-0.15, -0.1) is 11.3 Å². The standard InChI is InChI=1S/C32H19NS/c1-2-8-21-18-23-19-24(14-13-22(23)17-20(21)7-1)33-27-11-5-3-9-25(27)31-28(33)15-16-30-32(31)26-10-4-6-12-29(26)34-30/h1-19H. The molecule has 1 nitrogen and oxygen atoms in total. The maximum Gasteiger partial charge on any atom is 0.0548 e. The van der Waals surface area contributed by atoms with Crippen LogP contribution in [0.2, 0.25) is 0 Å². The van der Waals surface area contributed by atoms with Gasteiger partial charge in [0.05, 0.1) is 11.0 Å². The molecule has 158 valence electrons. The van der Waals surface area contributed by atoms with E-state index in [9.17, 15) is 0 Å². The largest absolute Gasteiger partial charge is 0.309 e. The van der Waals surface area contributed by atoms with E-state index < -0.39 is 0 Å². The summed E-state index contributed by atoms with van der Waals surface area (Å²) in [6.07, 6.45) is 0. The van der Waals surface area contributed by atoms with E-state index in [-0.39, 0.29) is 0 Å². The molecule has 0 radical (unpaired) electrons. The van der Waals surface area contributed by atoms with Crippen molar-refractivity contribution in [1.29, 1.82) is 0 Å². The monoisotopic (exact) mass is 449 g/mol. The molecule has 8 aromatic rings. The number of rotatable bonds is 1. The molecule has 2 heteroatoms. The Balaban J connectivity index is 1.51. The van der Waals surface area contributed by atoms with Gasteiger partial charge in [0.1, 0.15) is 0 Å². The lowest BCUT2D eigenvalue weighted by Gasteiger charge is -2.10. The van der Waals surface area contributed by atoms with Gasteiger partial charge < -0.3 is 4.57 Å². The molecule has 8 rings (SSSR count). The molecule has 2 heterocycles. The Hall–Kier alpha value is -4.14. The zero-order valence-electron chi connectivity index (χ0n) is 18.3. The highest BCUT2D eigenvalue weighted by Gasteiger charge is 2.17. The van der Waals surface area contributed by atoms with Crippen LogP contribution in [-0.2, 0) is 0 Å². The minimum absolute atomic E-state index is 1.20. The number of hydrogen-bond acceptors (Lipinski definition) is 1. The molecule has 0 atom stereocenters. The van der Waals surface area contributed by atoms with E-state index in [0.717, 1.165) is 0 Å². The van der Waals surface area contributed by atoms with E-state index in [2.05, 4.69) is 120 Å². The average Bonchev–Trinajstić information content (AvgIpc) is 3.42. The van der Waals surface area contributed by atoms with Crippen LogP contribution in [0.5, 0.6) is 0 Å². The molecule has 0 unspecified atom stereocenters. The van der Waals surface area contributed by atoms with Gasteiger partial charge in [0.25, 0.3) is 0 Å². The number of hydrogen-bond donors (Lipinski definition) is 0. The van der Waals surface area contributed by atoms with Crippen LogP contribution < -0.4 is 0 Å². The summed E-state index contributed by atoms with van der Waals surface area (Å²) in [5.74, 6) is 0. The lowest BCUT2D eigenvalue weighted by molar-refractivity contribution is 1.19. The third kappa shape index (κ3) is 2.43. The Morgan fingerprint density at radius 2 is 1.15 bits per heavy atom. The number of fused-ring (bicyclic) bond motifs is 9. The molecule has 2 aromatic heterocycles. The molecular formula is C32H19NS. The van der Waals surface area contributed by atoms with Gasteiger partial charge in [-0.2, -0.15) is 0 Å². The summed E-state index contributed by atoms with van der Waals surface area (Å²) in [5.41, 5.74) is 3.71. The number of nitrogens with zero attached hydrogens (tertiary/aromatic N) is 1. The van der Waals surface area contributed by atoms with E-state index in [0.29, 0.717) is 0 Å². The molecule has 0 saturated heterocycles. The fraction of sp³-hybridized carbons (Fsp3) is 0. The van der Waals surface area contributed by atoms with Crippen molar-refractivity contribution in [3.05, 3.63) is 115 Å². The maximum atomic E-state index is 2.44. The Morgan fingerprint density at radius 1 is 0.441 bits per heavy atom. The molecule has 0 N–H and O–H groups in total. The molecule has 6 aromatic carbocycles. The van der Waals surface area contributed by atoms with E-state index in [1.165, 1.54) is 69.2 Å². The zero-order valence-corrected chi connectivity index (χ0v) is 19.1. The first kappa shape index (κ1) is 18.3. The van der Waals surface area contributed by atoms with Crippen molar-refractivity contribution in [2.45, 2.75) is 0 Å². The first-order valence-corrected chi connectivity index (χ1v) is 12.4. The van der Waals surface area contributed by atoms with Crippen molar-refractivity contribution >= 4 is 74.9 Å². The molecule has 34 heavy (non-hydrogen) atoms. The van der Waals surface area contributed by atoms with Crippen molar-refractivity contribution < 1.29 is 0 Å². The van der Waals surface area contributed by atoms with Crippen molar-refractivity contribution in [3.8, 4) is 5.69 Å². The van der Waals surface area contributed by atoms with Gasteiger partial charge in [-0.05, 0) is 70.1 Å². The van der Waals surface area contributed by atoms with Gasteiger partial charge in [0.2, 0.25) is 0 Å². The Morgan fingerprint density at radius 3 is 2.03 bits per heavy atom. The molecule has 0 aliphatic rings. The van der Waals surface area contributed by atoms with Gasteiger partial charge in [0, 0.05) is 36.6 Å². The fourth-order valence-corrected chi connectivity index (χ4v) is 6.73. The van der Waals surface area contributed by atoms with Crippen molar-refractivity contribution in [2.75, 3.05) is 0 Å². The van der Waals surface area contributed by atoms with Crippen LogP contribution in [0.3, 0.4) is 0 Å². The average molecular weight is 450 g/mol. The van der Waals surface area contributed by atoms with Crippen LogP contribution in [0.1, 0.15) is 0 Å². The summed E-state index contributed by atoms with van der Waals surface area (Å²) < 4.78 is 5.13. The predicted molar refractivity (Wildman–Crippen MR) is 149 cm³/mol. The Labute approximate surface area is 200 Å². The summed E-state index contributed by atoms with van der Waals surface area (Å²) >= 11 is 1.88. The molecule has 0 spiro atoms. The van der Waals surface area contributed by atoms with Crippen LogP contribution in [0.15, 0.2) is 115 Å². The summed E-state index contributed by atoms with van der Waals surface area (Å²) in [7, 11) is 0. The van der Waals surface area contributed by atoms with E-state index in [1.807, 2.05) is 11.3 Å². The molecule has 0 amide bonds. The highest BCUT2D eigenvalue weighted by atomic mass is 32.1. The minimum atomic E-state index is 1.20. The third-order valence-electron chi connectivity index (χ3n) is 7.12. The number of aromatic nitrogens is 1. The molecule has 0 bridgehead atoms. The molecule has 0 fully saturated rings. The third-order valence-corrected chi connectivity index (χ3v) is 8.26.